The quantitative estimate of drug-likeness (QED) is 0.422. The molecule has 8 heteroatoms. The molecule has 0 aromatic heterocycles. The van der Waals surface area contributed by atoms with Crippen LogP contribution < -0.4 is 16.0 Å². The van der Waals surface area contributed by atoms with E-state index in [0.717, 1.165) is 0 Å². The maximum Gasteiger partial charge on any atom is 0.315 e. The Balaban J connectivity index is 3.77. The molecular weight excluding hydrogens is 278 g/mol. The minimum atomic E-state index is -0.846. The summed E-state index contributed by atoms with van der Waals surface area (Å²) in [5.41, 5.74) is 0. The van der Waals surface area contributed by atoms with E-state index >= 15 is 0 Å². The van der Waals surface area contributed by atoms with Crippen molar-refractivity contribution in [3.05, 3.63) is 0 Å². The molecule has 0 spiro atoms. The van der Waals surface area contributed by atoms with Crippen LogP contribution in [-0.2, 0) is 14.3 Å². The van der Waals surface area contributed by atoms with Crippen LogP contribution in [0.15, 0.2) is 0 Å². The number of amides is 3. The molecule has 0 aliphatic carbocycles. The smallest absolute Gasteiger partial charge is 0.315 e. The van der Waals surface area contributed by atoms with Crippen molar-refractivity contribution in [2.45, 2.75) is 32.7 Å². The highest BCUT2D eigenvalue weighted by atomic mass is 16.5. The molecule has 2 atom stereocenters. The van der Waals surface area contributed by atoms with Crippen molar-refractivity contribution in [3.63, 3.8) is 0 Å². The van der Waals surface area contributed by atoms with Crippen molar-refractivity contribution < 1.29 is 24.2 Å². The molecule has 0 rings (SSSR count). The molecule has 2 unspecified atom stereocenters. The lowest BCUT2D eigenvalue weighted by Gasteiger charge is -2.14. The van der Waals surface area contributed by atoms with Gasteiger partial charge in [-0.3, -0.25) is 9.59 Å². The van der Waals surface area contributed by atoms with Gasteiger partial charge in [0.15, 0.2) is 0 Å². The molecule has 0 saturated carbocycles. The van der Waals surface area contributed by atoms with E-state index in [9.17, 15) is 14.4 Å². The molecular formula is C13H25N3O5. The number of hydrogen-bond donors (Lipinski definition) is 4. The zero-order valence-electron chi connectivity index (χ0n) is 12.8. The summed E-state index contributed by atoms with van der Waals surface area (Å²) in [7, 11) is 1.53. The maximum atomic E-state index is 11.6. The molecule has 21 heavy (non-hydrogen) atoms. The van der Waals surface area contributed by atoms with Crippen LogP contribution in [0.5, 0.6) is 0 Å². The van der Waals surface area contributed by atoms with E-state index in [1.807, 2.05) is 0 Å². The number of methoxy groups -OCH3 is 1. The molecule has 0 aliphatic rings. The summed E-state index contributed by atoms with van der Waals surface area (Å²) in [5.74, 6) is -1.57. The normalized spacial score (nSPS) is 13.1. The van der Waals surface area contributed by atoms with Gasteiger partial charge in [-0.25, -0.2) is 4.79 Å². The number of carbonyl (C=O) groups excluding carboxylic acids is 2. The number of carbonyl (C=O) groups is 3. The number of carboxylic acid groups (broad SMARTS) is 1. The summed E-state index contributed by atoms with van der Waals surface area (Å²) in [4.78, 5) is 33.7. The number of nitrogens with one attached hydrogen (secondary N) is 3. The number of rotatable bonds is 10. The van der Waals surface area contributed by atoms with Crippen molar-refractivity contribution in [2.24, 2.45) is 5.92 Å². The Hall–Kier alpha value is -1.83. The largest absolute Gasteiger partial charge is 0.481 e. The van der Waals surface area contributed by atoms with Crippen LogP contribution in [-0.4, -0.2) is 55.9 Å². The van der Waals surface area contributed by atoms with E-state index in [-0.39, 0.29) is 5.91 Å². The molecule has 0 bridgehead atoms. The number of carboxylic acids is 1. The third-order valence-electron chi connectivity index (χ3n) is 2.87. The van der Waals surface area contributed by atoms with E-state index in [4.69, 9.17) is 9.84 Å². The van der Waals surface area contributed by atoms with E-state index < -0.39 is 24.0 Å². The maximum absolute atomic E-state index is 11.6. The van der Waals surface area contributed by atoms with Crippen LogP contribution in [0.1, 0.15) is 26.7 Å². The van der Waals surface area contributed by atoms with Gasteiger partial charge < -0.3 is 25.8 Å². The molecule has 122 valence electrons. The first-order valence-corrected chi connectivity index (χ1v) is 6.92. The van der Waals surface area contributed by atoms with Crippen molar-refractivity contribution in [3.8, 4) is 0 Å². The van der Waals surface area contributed by atoms with Crippen molar-refractivity contribution in [1.29, 1.82) is 0 Å². The fourth-order valence-electron chi connectivity index (χ4n) is 1.48. The Morgan fingerprint density at radius 2 is 1.81 bits per heavy atom. The zero-order valence-corrected chi connectivity index (χ0v) is 12.8. The van der Waals surface area contributed by atoms with Crippen LogP contribution in [0.2, 0.25) is 0 Å². The Morgan fingerprint density at radius 3 is 2.38 bits per heavy atom. The molecule has 4 N–H and O–H groups in total. The van der Waals surface area contributed by atoms with Gasteiger partial charge in [-0.15, -0.1) is 0 Å². The first kappa shape index (κ1) is 19.2. The molecule has 0 aromatic carbocycles. The average molecular weight is 303 g/mol. The highest BCUT2D eigenvalue weighted by Crippen LogP contribution is 2.03. The molecule has 0 fully saturated rings. The molecule has 0 heterocycles. The molecule has 0 aromatic rings. The van der Waals surface area contributed by atoms with E-state index in [1.165, 1.54) is 7.11 Å². The minimum absolute atomic E-state index is 0.290. The van der Waals surface area contributed by atoms with E-state index in [1.54, 1.807) is 13.8 Å². The lowest BCUT2D eigenvalue weighted by atomic mass is 10.1. The summed E-state index contributed by atoms with van der Waals surface area (Å²) >= 11 is 0. The lowest BCUT2D eigenvalue weighted by molar-refractivity contribution is -0.141. The second-order valence-corrected chi connectivity index (χ2v) is 4.79. The molecule has 0 aliphatic heterocycles. The van der Waals surface area contributed by atoms with Crippen molar-refractivity contribution in [2.75, 3.05) is 26.8 Å². The van der Waals surface area contributed by atoms with Crippen LogP contribution in [0, 0.1) is 5.92 Å². The number of urea groups is 1. The van der Waals surface area contributed by atoms with Crippen LogP contribution in [0.4, 0.5) is 4.79 Å². The number of aliphatic carboxylic acids is 1. The van der Waals surface area contributed by atoms with Gasteiger partial charge in [0.1, 0.15) is 6.04 Å². The molecule has 0 radical (unpaired) electrons. The summed E-state index contributed by atoms with van der Waals surface area (Å²) in [5, 5.41) is 16.4. The van der Waals surface area contributed by atoms with Crippen LogP contribution >= 0.6 is 0 Å². The predicted octanol–water partition coefficient (Wildman–Crippen LogP) is -0.0624. The van der Waals surface area contributed by atoms with Gasteiger partial charge in [-0.05, 0) is 19.8 Å². The van der Waals surface area contributed by atoms with Gasteiger partial charge in [0, 0.05) is 20.2 Å². The third kappa shape index (κ3) is 9.67. The topological polar surface area (TPSA) is 117 Å². The monoisotopic (exact) mass is 303 g/mol. The van der Waals surface area contributed by atoms with Gasteiger partial charge >= 0.3 is 12.0 Å². The van der Waals surface area contributed by atoms with Crippen molar-refractivity contribution >= 4 is 17.9 Å². The summed E-state index contributed by atoms with van der Waals surface area (Å²) in [6.07, 6.45) is 1.05. The van der Waals surface area contributed by atoms with Gasteiger partial charge in [-0.1, -0.05) is 6.92 Å². The Bertz CT molecular complexity index is 349. The highest BCUT2D eigenvalue weighted by molar-refractivity contribution is 5.86. The fraction of sp³-hybridized carbons (Fsp3) is 0.769. The van der Waals surface area contributed by atoms with Crippen LogP contribution in [0.3, 0.4) is 0 Å². The number of hydrogen-bond acceptors (Lipinski definition) is 4. The first-order chi connectivity index (χ1) is 9.88. The third-order valence-corrected chi connectivity index (χ3v) is 2.87. The molecule has 0 saturated heterocycles. The van der Waals surface area contributed by atoms with Gasteiger partial charge in [0.2, 0.25) is 5.91 Å². The number of ether oxygens (including phenoxy) is 1. The van der Waals surface area contributed by atoms with Gasteiger partial charge in [0.05, 0.1) is 12.5 Å². The van der Waals surface area contributed by atoms with Gasteiger partial charge in [-0.2, -0.15) is 0 Å². The second kappa shape index (κ2) is 10.9. The van der Waals surface area contributed by atoms with E-state index in [2.05, 4.69) is 16.0 Å². The molecule has 3 amide bonds. The average Bonchev–Trinajstić information content (AvgIpc) is 2.43. The highest BCUT2D eigenvalue weighted by Gasteiger charge is 2.15. The second-order valence-electron chi connectivity index (χ2n) is 4.79. The van der Waals surface area contributed by atoms with Gasteiger partial charge in [0.25, 0.3) is 0 Å². The Kier molecular flexibility index (Phi) is 9.95. The first-order valence-electron chi connectivity index (χ1n) is 6.92. The summed E-state index contributed by atoms with van der Waals surface area (Å²) in [6.45, 7) is 4.35. The standard InChI is InChI=1S/C13H25N3O5/c1-9(12(18)19)5-4-6-15-13(20)16-10(2)11(17)14-7-8-21-3/h9-10H,4-8H2,1-3H3,(H,14,17)(H,18,19)(H2,15,16,20). The Morgan fingerprint density at radius 1 is 1.14 bits per heavy atom. The molecule has 8 nitrogen and oxygen atoms in total. The SMILES string of the molecule is COCCNC(=O)C(C)NC(=O)NCCCC(C)C(=O)O. The summed E-state index contributed by atoms with van der Waals surface area (Å²) < 4.78 is 4.80. The fourth-order valence-corrected chi connectivity index (χ4v) is 1.48. The lowest BCUT2D eigenvalue weighted by Crippen LogP contribution is -2.49. The zero-order chi connectivity index (χ0) is 16.3. The minimum Gasteiger partial charge on any atom is -0.481 e. The van der Waals surface area contributed by atoms with Crippen LogP contribution in [0.25, 0.3) is 0 Å². The van der Waals surface area contributed by atoms with Crippen molar-refractivity contribution in [1.82, 2.24) is 16.0 Å². The summed E-state index contributed by atoms with van der Waals surface area (Å²) in [6, 6.07) is -1.10. The Labute approximate surface area is 124 Å². The predicted molar refractivity (Wildman–Crippen MR) is 76.9 cm³/mol. The van der Waals surface area contributed by atoms with E-state index in [0.29, 0.717) is 32.5 Å².